The Morgan fingerprint density at radius 1 is 0.474 bits per heavy atom. The van der Waals surface area contributed by atoms with Crippen molar-refractivity contribution < 1.29 is 40.5 Å². The van der Waals surface area contributed by atoms with Crippen molar-refractivity contribution in [3.8, 4) is 0 Å². The molecule has 8 heteroatoms. The van der Waals surface area contributed by atoms with E-state index >= 15 is 0 Å². The van der Waals surface area contributed by atoms with Crippen LogP contribution in [0.25, 0.3) is 0 Å². The lowest BCUT2D eigenvalue weighted by Crippen LogP contribution is -2.15. The second-order valence-electron chi connectivity index (χ2n) is 10.3. The Balaban J connectivity index is -0.000000839. The Morgan fingerprint density at radius 3 is 0.895 bits per heavy atom. The van der Waals surface area contributed by atoms with Crippen molar-refractivity contribution >= 4 is 5.97 Å². The first-order valence-electron chi connectivity index (χ1n) is 15.4. The van der Waals surface area contributed by atoms with Crippen molar-refractivity contribution in [2.75, 3.05) is 26.4 Å². The molecule has 0 saturated heterocycles. The molecule has 0 fully saturated rings. The standard InChI is InChI=1S/C24H48O2.2C3H8O3/c1-3-5-7-9-11-13-14-16-18-20-22-23(24(25)26)21-19-17-15-12-10-8-6-4-2;2*4-1-3(6)2-5/h23H,3-22H2,1-2H3,(H,25,26);2*3-6H,1-2H2. The van der Waals surface area contributed by atoms with E-state index in [1.807, 2.05) is 0 Å². The third-order valence-electron chi connectivity index (χ3n) is 6.50. The first-order valence-corrected chi connectivity index (χ1v) is 15.4. The molecule has 0 aliphatic carbocycles. The zero-order valence-corrected chi connectivity index (χ0v) is 24.7. The number of aliphatic hydroxyl groups excluding tert-OH is 6. The number of carboxylic acid groups (broad SMARTS) is 1. The van der Waals surface area contributed by atoms with Crippen molar-refractivity contribution in [3.63, 3.8) is 0 Å². The molecular formula is C30H64O8. The van der Waals surface area contributed by atoms with Crippen LogP contribution in [0.1, 0.15) is 142 Å². The zero-order chi connectivity index (χ0) is 29.3. The molecule has 0 radical (unpaired) electrons. The highest BCUT2D eigenvalue weighted by atomic mass is 16.4. The molecule has 0 bridgehead atoms. The molecule has 38 heavy (non-hydrogen) atoms. The maximum absolute atomic E-state index is 11.4. The molecule has 0 rings (SSSR count). The lowest BCUT2D eigenvalue weighted by atomic mass is 9.94. The largest absolute Gasteiger partial charge is 0.481 e. The number of aliphatic hydroxyl groups is 6. The third kappa shape index (κ3) is 37.4. The lowest BCUT2D eigenvalue weighted by Gasteiger charge is -2.12. The first kappa shape index (κ1) is 41.7. The van der Waals surface area contributed by atoms with Gasteiger partial charge in [0.05, 0.1) is 32.3 Å². The van der Waals surface area contributed by atoms with Gasteiger partial charge in [0.2, 0.25) is 0 Å². The molecule has 8 nitrogen and oxygen atoms in total. The van der Waals surface area contributed by atoms with Crippen LogP contribution in [-0.2, 0) is 4.79 Å². The van der Waals surface area contributed by atoms with Gasteiger partial charge in [-0.2, -0.15) is 0 Å². The number of carboxylic acids is 1. The van der Waals surface area contributed by atoms with Crippen LogP contribution < -0.4 is 0 Å². The fraction of sp³-hybridized carbons (Fsp3) is 0.967. The van der Waals surface area contributed by atoms with Crippen LogP contribution in [0.15, 0.2) is 0 Å². The molecule has 1 unspecified atom stereocenters. The number of carbonyl (C=O) groups is 1. The summed E-state index contributed by atoms with van der Waals surface area (Å²) in [6.45, 7) is 3.06. The van der Waals surface area contributed by atoms with E-state index in [1.165, 1.54) is 103 Å². The lowest BCUT2D eigenvalue weighted by molar-refractivity contribution is -0.142. The average Bonchev–Trinajstić information content (AvgIpc) is 2.93. The Morgan fingerprint density at radius 2 is 0.711 bits per heavy atom. The van der Waals surface area contributed by atoms with Crippen molar-refractivity contribution in [2.45, 2.75) is 154 Å². The highest BCUT2D eigenvalue weighted by Gasteiger charge is 2.16. The average molecular weight is 553 g/mol. The van der Waals surface area contributed by atoms with E-state index in [2.05, 4.69) is 13.8 Å². The van der Waals surface area contributed by atoms with E-state index in [1.54, 1.807) is 0 Å². The van der Waals surface area contributed by atoms with Crippen molar-refractivity contribution in [1.82, 2.24) is 0 Å². The molecule has 232 valence electrons. The van der Waals surface area contributed by atoms with Crippen LogP contribution in [0, 0.1) is 5.92 Å². The van der Waals surface area contributed by atoms with Gasteiger partial charge in [0.25, 0.3) is 0 Å². The van der Waals surface area contributed by atoms with Gasteiger partial charge in [-0.05, 0) is 12.8 Å². The molecular weight excluding hydrogens is 488 g/mol. The van der Waals surface area contributed by atoms with Crippen LogP contribution >= 0.6 is 0 Å². The molecule has 0 aliphatic rings. The van der Waals surface area contributed by atoms with Crippen LogP contribution in [0.2, 0.25) is 0 Å². The summed E-state index contributed by atoms with van der Waals surface area (Å²) in [4.78, 5) is 11.4. The summed E-state index contributed by atoms with van der Waals surface area (Å²) in [5, 5.41) is 57.4. The third-order valence-corrected chi connectivity index (χ3v) is 6.50. The van der Waals surface area contributed by atoms with Gasteiger partial charge in [0, 0.05) is 0 Å². The van der Waals surface area contributed by atoms with Gasteiger partial charge in [0.15, 0.2) is 0 Å². The molecule has 1 atom stereocenters. The van der Waals surface area contributed by atoms with E-state index in [9.17, 15) is 9.90 Å². The molecule has 0 spiro atoms. The molecule has 0 aromatic carbocycles. The second kappa shape index (κ2) is 36.2. The van der Waals surface area contributed by atoms with E-state index in [-0.39, 0.29) is 32.3 Å². The molecule has 0 aliphatic heterocycles. The van der Waals surface area contributed by atoms with Crippen molar-refractivity contribution in [2.24, 2.45) is 5.92 Å². The van der Waals surface area contributed by atoms with Gasteiger partial charge in [-0.1, -0.05) is 129 Å². The predicted molar refractivity (Wildman–Crippen MR) is 155 cm³/mol. The van der Waals surface area contributed by atoms with E-state index in [4.69, 9.17) is 30.6 Å². The highest BCUT2D eigenvalue weighted by molar-refractivity contribution is 5.69. The summed E-state index contributed by atoms with van der Waals surface area (Å²) < 4.78 is 0. The van der Waals surface area contributed by atoms with Crippen LogP contribution in [0.5, 0.6) is 0 Å². The SMILES string of the molecule is CCCCCCCCCCCCC(CCCCCCCCCC)C(=O)O.OCC(O)CO.OCC(O)CO. The van der Waals surface area contributed by atoms with E-state index < -0.39 is 18.2 Å². The minimum absolute atomic E-state index is 0.0934. The zero-order valence-electron chi connectivity index (χ0n) is 24.7. The summed E-state index contributed by atoms with van der Waals surface area (Å²) >= 11 is 0. The van der Waals surface area contributed by atoms with Gasteiger partial charge in [-0.3, -0.25) is 4.79 Å². The second-order valence-corrected chi connectivity index (χ2v) is 10.3. The summed E-state index contributed by atoms with van der Waals surface area (Å²) in [6.07, 6.45) is 23.4. The number of hydrogen-bond donors (Lipinski definition) is 7. The van der Waals surface area contributed by atoms with Gasteiger partial charge >= 0.3 is 5.97 Å². The van der Waals surface area contributed by atoms with Gasteiger partial charge in [0.1, 0.15) is 12.2 Å². The molecule has 0 aromatic rings. The van der Waals surface area contributed by atoms with E-state index in [0.29, 0.717) is 0 Å². The Kier molecular flexibility index (Phi) is 39.8. The molecule has 0 amide bonds. The fourth-order valence-electron chi connectivity index (χ4n) is 3.91. The molecule has 0 saturated carbocycles. The van der Waals surface area contributed by atoms with Crippen LogP contribution in [0.3, 0.4) is 0 Å². The van der Waals surface area contributed by atoms with Gasteiger partial charge in [-0.25, -0.2) is 0 Å². The number of unbranched alkanes of at least 4 members (excludes halogenated alkanes) is 16. The van der Waals surface area contributed by atoms with Gasteiger partial charge in [-0.15, -0.1) is 0 Å². The van der Waals surface area contributed by atoms with Gasteiger partial charge < -0.3 is 35.7 Å². The monoisotopic (exact) mass is 552 g/mol. The first-order chi connectivity index (χ1) is 18.3. The Hall–Kier alpha value is -0.770. The van der Waals surface area contributed by atoms with Crippen LogP contribution in [0.4, 0.5) is 0 Å². The maximum atomic E-state index is 11.4. The summed E-state index contributed by atoms with van der Waals surface area (Å²) in [5.41, 5.74) is 0. The molecule has 0 aromatic heterocycles. The Labute approximate surface area is 233 Å². The molecule has 7 N–H and O–H groups in total. The maximum Gasteiger partial charge on any atom is 0.306 e. The number of hydrogen-bond acceptors (Lipinski definition) is 7. The summed E-state index contributed by atoms with van der Waals surface area (Å²) in [6, 6.07) is 0. The smallest absolute Gasteiger partial charge is 0.306 e. The van der Waals surface area contributed by atoms with Crippen molar-refractivity contribution in [1.29, 1.82) is 0 Å². The topological polar surface area (TPSA) is 159 Å². The minimum atomic E-state index is -0.954. The summed E-state index contributed by atoms with van der Waals surface area (Å²) in [7, 11) is 0. The predicted octanol–water partition coefficient (Wildman–Crippen LogP) is 5.19. The van der Waals surface area contributed by atoms with E-state index in [0.717, 1.165) is 25.7 Å². The minimum Gasteiger partial charge on any atom is -0.481 e. The Bertz CT molecular complexity index is 418. The normalized spacial score (nSPS) is 11.6. The fourth-order valence-corrected chi connectivity index (χ4v) is 3.91. The quantitative estimate of drug-likeness (QED) is 0.0762. The number of rotatable bonds is 25. The summed E-state index contributed by atoms with van der Waals surface area (Å²) in [5.74, 6) is -0.659. The van der Waals surface area contributed by atoms with Crippen molar-refractivity contribution in [3.05, 3.63) is 0 Å². The van der Waals surface area contributed by atoms with Crippen LogP contribution in [-0.4, -0.2) is 80.4 Å². The highest BCUT2D eigenvalue weighted by Crippen LogP contribution is 2.20. The molecule has 0 heterocycles. The number of aliphatic carboxylic acids is 1.